The summed E-state index contributed by atoms with van der Waals surface area (Å²) < 4.78 is 2.24. The van der Waals surface area contributed by atoms with Crippen molar-refractivity contribution >= 4 is 0 Å². The molecule has 1 heterocycles. The number of hydrogen-bond acceptors (Lipinski definition) is 1. The highest BCUT2D eigenvalue weighted by atomic mass is 14.9. The van der Waals surface area contributed by atoms with Crippen LogP contribution in [0.4, 0.5) is 0 Å². The van der Waals surface area contributed by atoms with Crippen LogP contribution in [0, 0.1) is 0 Å². The zero-order valence-electron chi connectivity index (χ0n) is 11.3. The van der Waals surface area contributed by atoms with Crippen molar-refractivity contribution in [1.29, 1.82) is 0 Å². The molecule has 0 aliphatic carbocycles. The monoisotopic (exact) mass is 242 g/mol. The number of benzene rings is 1. The van der Waals surface area contributed by atoms with E-state index in [4.69, 9.17) is 0 Å². The topological polar surface area (TPSA) is 17.0 Å². The van der Waals surface area contributed by atoms with Crippen molar-refractivity contribution in [3.05, 3.63) is 59.4 Å². The van der Waals surface area contributed by atoms with Gasteiger partial charge in [-0.1, -0.05) is 38.1 Å². The molecule has 0 unspecified atom stereocenters. The van der Waals surface area contributed by atoms with Gasteiger partial charge in [0.15, 0.2) is 0 Å². The van der Waals surface area contributed by atoms with Gasteiger partial charge in [0.25, 0.3) is 0 Å². The molecule has 0 aliphatic heterocycles. The highest BCUT2D eigenvalue weighted by Gasteiger charge is 1.98. The maximum Gasteiger partial charge on any atom is 0.0470 e. The Morgan fingerprint density at radius 3 is 2.33 bits per heavy atom. The van der Waals surface area contributed by atoms with Crippen LogP contribution in [0.3, 0.4) is 0 Å². The van der Waals surface area contributed by atoms with Crippen LogP contribution in [0.25, 0.3) is 0 Å². The molecule has 0 saturated carbocycles. The molecule has 0 bridgehead atoms. The first-order valence-corrected chi connectivity index (χ1v) is 6.75. The first kappa shape index (κ1) is 12.9. The lowest BCUT2D eigenvalue weighted by molar-refractivity contribution is 0.721. The lowest BCUT2D eigenvalue weighted by Gasteiger charge is -2.04. The molecule has 96 valence electrons. The Bertz CT molecular complexity index is 468. The molecule has 0 saturated heterocycles. The second-order valence-corrected chi connectivity index (χ2v) is 4.64. The van der Waals surface area contributed by atoms with Crippen molar-refractivity contribution in [3.8, 4) is 0 Å². The van der Waals surface area contributed by atoms with Gasteiger partial charge in [0, 0.05) is 25.5 Å². The van der Waals surface area contributed by atoms with E-state index in [0.29, 0.717) is 0 Å². The molecule has 0 atom stereocenters. The fraction of sp³-hybridized carbons (Fsp3) is 0.375. The lowest BCUT2D eigenvalue weighted by Crippen LogP contribution is -2.11. The largest absolute Gasteiger partial charge is 0.350 e. The van der Waals surface area contributed by atoms with E-state index in [9.17, 15) is 0 Å². The summed E-state index contributed by atoms with van der Waals surface area (Å²) in [6.07, 6.45) is 5.48. The van der Waals surface area contributed by atoms with Gasteiger partial charge in [0.1, 0.15) is 0 Å². The molecule has 0 radical (unpaired) electrons. The third-order valence-electron chi connectivity index (χ3n) is 3.19. The Morgan fingerprint density at radius 2 is 1.67 bits per heavy atom. The first-order chi connectivity index (χ1) is 8.81. The minimum atomic E-state index is 0.954. The first-order valence-electron chi connectivity index (χ1n) is 6.75. The Morgan fingerprint density at radius 1 is 0.944 bits per heavy atom. The van der Waals surface area contributed by atoms with E-state index in [2.05, 4.69) is 66.5 Å². The zero-order valence-corrected chi connectivity index (χ0v) is 11.3. The molecule has 0 spiro atoms. The average molecular weight is 242 g/mol. The predicted octanol–water partition coefficient (Wildman–Crippen LogP) is 3.21. The van der Waals surface area contributed by atoms with Gasteiger partial charge in [-0.25, -0.2) is 0 Å². The number of nitrogens with one attached hydrogen (secondary N) is 1. The second-order valence-electron chi connectivity index (χ2n) is 4.64. The van der Waals surface area contributed by atoms with Crippen LogP contribution in [0.2, 0.25) is 0 Å². The Labute approximate surface area is 110 Å². The summed E-state index contributed by atoms with van der Waals surface area (Å²) in [6.45, 7) is 7.25. The van der Waals surface area contributed by atoms with Gasteiger partial charge in [-0.2, -0.15) is 0 Å². The molecule has 2 heteroatoms. The quantitative estimate of drug-likeness (QED) is 0.823. The molecule has 1 aromatic carbocycles. The van der Waals surface area contributed by atoms with Crippen LogP contribution in [-0.4, -0.2) is 11.1 Å². The zero-order chi connectivity index (χ0) is 12.8. The van der Waals surface area contributed by atoms with E-state index in [-0.39, 0.29) is 0 Å². The SMILES string of the molecule is CCNCc1ccn(Cc2ccc(CC)cc2)c1. The van der Waals surface area contributed by atoms with Crippen LogP contribution in [0.1, 0.15) is 30.5 Å². The number of hydrogen-bond donors (Lipinski definition) is 1. The van der Waals surface area contributed by atoms with Gasteiger partial charge >= 0.3 is 0 Å². The summed E-state index contributed by atoms with van der Waals surface area (Å²) in [5.41, 5.74) is 4.11. The van der Waals surface area contributed by atoms with Gasteiger partial charge in [0.2, 0.25) is 0 Å². The molecule has 18 heavy (non-hydrogen) atoms. The van der Waals surface area contributed by atoms with Crippen molar-refractivity contribution in [2.75, 3.05) is 6.54 Å². The van der Waals surface area contributed by atoms with Crippen molar-refractivity contribution < 1.29 is 0 Å². The minimum Gasteiger partial charge on any atom is -0.350 e. The third-order valence-corrected chi connectivity index (χ3v) is 3.19. The minimum absolute atomic E-state index is 0.954. The number of aromatic nitrogens is 1. The summed E-state index contributed by atoms with van der Waals surface area (Å²) in [4.78, 5) is 0. The van der Waals surface area contributed by atoms with Crippen molar-refractivity contribution in [2.24, 2.45) is 0 Å². The highest BCUT2D eigenvalue weighted by Crippen LogP contribution is 2.09. The van der Waals surface area contributed by atoms with E-state index in [0.717, 1.165) is 26.1 Å². The Hall–Kier alpha value is -1.54. The molecular weight excluding hydrogens is 220 g/mol. The summed E-state index contributed by atoms with van der Waals surface area (Å²) in [5, 5.41) is 3.34. The van der Waals surface area contributed by atoms with Crippen LogP contribution in [0.5, 0.6) is 0 Å². The van der Waals surface area contributed by atoms with Gasteiger partial charge in [-0.3, -0.25) is 0 Å². The van der Waals surface area contributed by atoms with E-state index in [1.165, 1.54) is 16.7 Å². The molecule has 0 aliphatic rings. The molecule has 2 rings (SSSR count). The molecule has 1 N–H and O–H groups in total. The summed E-state index contributed by atoms with van der Waals surface area (Å²) in [5.74, 6) is 0. The van der Waals surface area contributed by atoms with Crippen molar-refractivity contribution in [3.63, 3.8) is 0 Å². The maximum atomic E-state index is 3.34. The molecular formula is C16H22N2. The van der Waals surface area contributed by atoms with E-state index < -0.39 is 0 Å². The fourth-order valence-electron chi connectivity index (χ4n) is 2.05. The van der Waals surface area contributed by atoms with Crippen LogP contribution in [-0.2, 0) is 19.5 Å². The normalized spacial score (nSPS) is 10.8. The molecule has 2 aromatic rings. The van der Waals surface area contributed by atoms with Gasteiger partial charge in [-0.05, 0) is 35.7 Å². The lowest BCUT2D eigenvalue weighted by atomic mass is 10.1. The third kappa shape index (κ3) is 3.47. The number of rotatable bonds is 6. The maximum absolute atomic E-state index is 3.34. The molecule has 2 nitrogen and oxygen atoms in total. The Balaban J connectivity index is 1.97. The van der Waals surface area contributed by atoms with E-state index in [1.54, 1.807) is 0 Å². The van der Waals surface area contributed by atoms with Crippen LogP contribution < -0.4 is 5.32 Å². The highest BCUT2D eigenvalue weighted by molar-refractivity contribution is 5.23. The average Bonchev–Trinajstić information content (AvgIpc) is 2.85. The van der Waals surface area contributed by atoms with Gasteiger partial charge in [-0.15, -0.1) is 0 Å². The van der Waals surface area contributed by atoms with Crippen molar-refractivity contribution in [2.45, 2.75) is 33.4 Å². The summed E-state index contributed by atoms with van der Waals surface area (Å²) >= 11 is 0. The van der Waals surface area contributed by atoms with E-state index >= 15 is 0 Å². The molecule has 1 aromatic heterocycles. The Kier molecular flexibility index (Phi) is 4.59. The second kappa shape index (κ2) is 6.41. The summed E-state index contributed by atoms with van der Waals surface area (Å²) in [7, 11) is 0. The smallest absolute Gasteiger partial charge is 0.0470 e. The van der Waals surface area contributed by atoms with Gasteiger partial charge in [0.05, 0.1) is 0 Å². The van der Waals surface area contributed by atoms with Crippen LogP contribution >= 0.6 is 0 Å². The predicted molar refractivity (Wildman–Crippen MR) is 76.7 cm³/mol. The number of aryl methyl sites for hydroxylation is 1. The van der Waals surface area contributed by atoms with Crippen molar-refractivity contribution in [1.82, 2.24) is 9.88 Å². The molecule has 0 fully saturated rings. The number of nitrogens with zero attached hydrogens (tertiary/aromatic N) is 1. The van der Waals surface area contributed by atoms with Gasteiger partial charge < -0.3 is 9.88 Å². The van der Waals surface area contributed by atoms with Crippen LogP contribution in [0.15, 0.2) is 42.7 Å². The molecule has 0 amide bonds. The fourth-order valence-corrected chi connectivity index (χ4v) is 2.05. The van der Waals surface area contributed by atoms with E-state index in [1.807, 2.05) is 0 Å². The standard InChI is InChI=1S/C16H22N2/c1-3-14-5-7-15(8-6-14)12-18-10-9-16(13-18)11-17-4-2/h5-10,13,17H,3-4,11-12H2,1-2H3. The summed E-state index contributed by atoms with van der Waals surface area (Å²) in [6, 6.07) is 11.1.